The Balaban J connectivity index is 2.04. The van der Waals surface area contributed by atoms with Crippen molar-refractivity contribution in [3.8, 4) is 0 Å². The Morgan fingerprint density at radius 1 is 1.56 bits per heavy atom. The van der Waals surface area contributed by atoms with Crippen LogP contribution in [0, 0.1) is 0 Å². The average Bonchev–Trinajstić information content (AvgIpc) is 2.74. The monoisotopic (exact) mass is 289 g/mol. The zero-order chi connectivity index (χ0) is 13.1. The van der Waals surface area contributed by atoms with E-state index in [1.54, 1.807) is 12.1 Å². The summed E-state index contributed by atoms with van der Waals surface area (Å²) in [6.07, 6.45) is 0.182. The average molecular weight is 290 g/mol. The van der Waals surface area contributed by atoms with Crippen molar-refractivity contribution in [1.82, 2.24) is 4.90 Å². The second-order valence-corrected chi connectivity index (χ2v) is 5.70. The maximum atomic E-state index is 12.1. The lowest BCUT2D eigenvalue weighted by molar-refractivity contribution is -0.157. The van der Waals surface area contributed by atoms with Gasteiger partial charge in [0.1, 0.15) is 0 Å². The van der Waals surface area contributed by atoms with E-state index in [2.05, 4.69) is 0 Å². The predicted molar refractivity (Wildman–Crippen MR) is 67.0 cm³/mol. The molecule has 98 valence electrons. The number of amides is 1. The molecule has 0 saturated carbocycles. The number of nitrogens with zero attached hydrogens (tertiary/aromatic N) is 1. The molecule has 5 nitrogen and oxygen atoms in total. The van der Waals surface area contributed by atoms with Gasteiger partial charge >= 0.3 is 5.97 Å². The van der Waals surface area contributed by atoms with Crippen LogP contribution < -0.4 is 0 Å². The fourth-order valence-electron chi connectivity index (χ4n) is 1.80. The molecule has 1 saturated heterocycles. The summed E-state index contributed by atoms with van der Waals surface area (Å²) in [6.45, 7) is 0.738. The number of ether oxygens (including phenoxy) is 1. The van der Waals surface area contributed by atoms with E-state index in [0.717, 1.165) is 4.88 Å². The Labute approximate surface area is 113 Å². The van der Waals surface area contributed by atoms with Gasteiger partial charge in [-0.25, -0.2) is 4.79 Å². The molecule has 1 N–H and O–H groups in total. The van der Waals surface area contributed by atoms with Gasteiger partial charge in [-0.15, -0.1) is 11.3 Å². The van der Waals surface area contributed by atoms with E-state index in [-0.39, 0.29) is 18.9 Å². The SMILES string of the molecule is O=C(O)C1COCCN1C(=O)Cc1ccc(Cl)s1. The topological polar surface area (TPSA) is 66.8 Å². The lowest BCUT2D eigenvalue weighted by Gasteiger charge is -2.32. The third-order valence-corrected chi connectivity index (χ3v) is 3.92. The molecule has 0 spiro atoms. The van der Waals surface area contributed by atoms with Crippen molar-refractivity contribution >= 4 is 34.8 Å². The molecular formula is C11H12ClNO4S. The standard InChI is InChI=1S/C11H12ClNO4S/c12-9-2-1-7(18-9)5-10(14)13-3-4-17-6-8(13)11(15)16/h1-2,8H,3-6H2,(H,15,16). The van der Waals surface area contributed by atoms with Crippen LogP contribution in [0.25, 0.3) is 0 Å². The highest BCUT2D eigenvalue weighted by atomic mass is 35.5. The second-order valence-electron chi connectivity index (χ2n) is 3.90. The van der Waals surface area contributed by atoms with E-state index in [9.17, 15) is 9.59 Å². The van der Waals surface area contributed by atoms with Gasteiger partial charge in [-0.1, -0.05) is 11.6 Å². The van der Waals surface area contributed by atoms with Crippen molar-refractivity contribution in [2.75, 3.05) is 19.8 Å². The van der Waals surface area contributed by atoms with Crippen molar-refractivity contribution in [2.45, 2.75) is 12.5 Å². The highest BCUT2D eigenvalue weighted by molar-refractivity contribution is 7.16. The number of carboxylic acid groups (broad SMARTS) is 1. The van der Waals surface area contributed by atoms with Gasteiger partial charge in [0, 0.05) is 11.4 Å². The quantitative estimate of drug-likeness (QED) is 0.909. The highest BCUT2D eigenvalue weighted by Crippen LogP contribution is 2.22. The summed E-state index contributed by atoms with van der Waals surface area (Å²) in [4.78, 5) is 25.3. The molecule has 0 aromatic carbocycles. The van der Waals surface area contributed by atoms with E-state index >= 15 is 0 Å². The van der Waals surface area contributed by atoms with Crippen LogP contribution in [-0.4, -0.2) is 47.7 Å². The minimum Gasteiger partial charge on any atom is -0.480 e. The van der Waals surface area contributed by atoms with Crippen molar-refractivity contribution in [1.29, 1.82) is 0 Å². The summed E-state index contributed by atoms with van der Waals surface area (Å²) in [5, 5.41) is 9.04. The van der Waals surface area contributed by atoms with E-state index in [4.69, 9.17) is 21.4 Å². The molecule has 1 unspecified atom stereocenters. The number of morpholine rings is 1. The van der Waals surface area contributed by atoms with Gasteiger partial charge in [-0.05, 0) is 12.1 Å². The molecular weight excluding hydrogens is 278 g/mol. The van der Waals surface area contributed by atoms with Crippen LogP contribution in [0.3, 0.4) is 0 Å². The normalized spacial score (nSPS) is 19.8. The Morgan fingerprint density at radius 2 is 2.33 bits per heavy atom. The molecule has 2 heterocycles. The summed E-state index contributed by atoms with van der Waals surface area (Å²) in [5.41, 5.74) is 0. The summed E-state index contributed by atoms with van der Waals surface area (Å²) in [6, 6.07) is 2.62. The number of halogens is 1. The molecule has 1 aromatic rings. The fourth-order valence-corrected chi connectivity index (χ4v) is 2.88. The van der Waals surface area contributed by atoms with Gasteiger partial charge in [0.05, 0.1) is 24.0 Å². The number of hydrogen-bond donors (Lipinski definition) is 1. The molecule has 1 atom stereocenters. The number of carbonyl (C=O) groups excluding carboxylic acids is 1. The van der Waals surface area contributed by atoms with E-state index in [1.807, 2.05) is 0 Å². The van der Waals surface area contributed by atoms with Crippen molar-refractivity contribution in [3.05, 3.63) is 21.3 Å². The van der Waals surface area contributed by atoms with Crippen molar-refractivity contribution in [3.63, 3.8) is 0 Å². The first-order chi connectivity index (χ1) is 8.58. The first kappa shape index (κ1) is 13.3. The molecule has 1 aromatic heterocycles. The number of thiophene rings is 1. The van der Waals surface area contributed by atoms with Gasteiger partial charge in [0.2, 0.25) is 5.91 Å². The highest BCUT2D eigenvalue weighted by Gasteiger charge is 2.32. The first-order valence-corrected chi connectivity index (χ1v) is 6.61. The molecule has 7 heteroatoms. The molecule has 1 fully saturated rings. The number of aliphatic carboxylic acids is 1. The Hall–Kier alpha value is -1.11. The van der Waals surface area contributed by atoms with Crippen LogP contribution in [0.5, 0.6) is 0 Å². The zero-order valence-electron chi connectivity index (χ0n) is 9.47. The smallest absolute Gasteiger partial charge is 0.328 e. The van der Waals surface area contributed by atoms with Gasteiger partial charge in [0.25, 0.3) is 0 Å². The van der Waals surface area contributed by atoms with Crippen molar-refractivity contribution in [2.24, 2.45) is 0 Å². The molecule has 0 bridgehead atoms. The van der Waals surface area contributed by atoms with Crippen LogP contribution in [0.15, 0.2) is 12.1 Å². The van der Waals surface area contributed by atoms with Crippen LogP contribution in [0.4, 0.5) is 0 Å². The molecule has 18 heavy (non-hydrogen) atoms. The van der Waals surface area contributed by atoms with E-state index < -0.39 is 12.0 Å². The third-order valence-electron chi connectivity index (χ3n) is 2.69. The molecule has 1 aliphatic rings. The third kappa shape index (κ3) is 3.01. The van der Waals surface area contributed by atoms with Crippen LogP contribution >= 0.6 is 22.9 Å². The summed E-state index contributed by atoms with van der Waals surface area (Å²) < 4.78 is 5.70. The molecule has 0 radical (unpaired) electrons. The Morgan fingerprint density at radius 3 is 2.94 bits per heavy atom. The zero-order valence-corrected chi connectivity index (χ0v) is 11.0. The summed E-state index contributed by atoms with van der Waals surface area (Å²) >= 11 is 7.12. The first-order valence-electron chi connectivity index (χ1n) is 5.42. The second kappa shape index (κ2) is 5.69. The maximum Gasteiger partial charge on any atom is 0.328 e. The summed E-state index contributed by atoms with van der Waals surface area (Å²) in [5.74, 6) is -1.24. The molecule has 2 rings (SSSR count). The lowest BCUT2D eigenvalue weighted by atomic mass is 10.2. The number of carbonyl (C=O) groups is 2. The molecule has 1 aliphatic heterocycles. The van der Waals surface area contributed by atoms with Gasteiger partial charge in [-0.3, -0.25) is 4.79 Å². The summed E-state index contributed by atoms with van der Waals surface area (Å²) in [7, 11) is 0. The minimum absolute atomic E-state index is 0.0479. The molecule has 1 amide bonds. The minimum atomic E-state index is -1.03. The van der Waals surface area contributed by atoms with Gasteiger partial charge in [0.15, 0.2) is 6.04 Å². The fraction of sp³-hybridized carbons (Fsp3) is 0.455. The predicted octanol–water partition coefficient (Wildman–Crippen LogP) is 1.26. The lowest BCUT2D eigenvalue weighted by Crippen LogP contribution is -2.53. The number of hydrogen-bond acceptors (Lipinski definition) is 4. The van der Waals surface area contributed by atoms with Gasteiger partial charge in [-0.2, -0.15) is 0 Å². The van der Waals surface area contributed by atoms with E-state index in [1.165, 1.54) is 16.2 Å². The molecule has 0 aliphatic carbocycles. The van der Waals surface area contributed by atoms with Crippen LogP contribution in [-0.2, 0) is 20.7 Å². The Kier molecular flexibility index (Phi) is 4.21. The largest absolute Gasteiger partial charge is 0.480 e. The van der Waals surface area contributed by atoms with Crippen LogP contribution in [0.2, 0.25) is 4.34 Å². The van der Waals surface area contributed by atoms with Crippen LogP contribution in [0.1, 0.15) is 4.88 Å². The number of rotatable bonds is 3. The van der Waals surface area contributed by atoms with Crippen molar-refractivity contribution < 1.29 is 19.4 Å². The Bertz CT molecular complexity index is 462. The maximum absolute atomic E-state index is 12.1. The number of carboxylic acids is 1. The van der Waals surface area contributed by atoms with Gasteiger partial charge < -0.3 is 14.7 Å². The van der Waals surface area contributed by atoms with E-state index in [0.29, 0.717) is 17.5 Å².